The van der Waals surface area contributed by atoms with E-state index in [0.717, 1.165) is 16.1 Å². The number of sulfonamides is 1. The van der Waals surface area contributed by atoms with Crippen LogP contribution in [0, 0.1) is 0 Å². The molecule has 0 aliphatic heterocycles. The van der Waals surface area contributed by atoms with Crippen molar-refractivity contribution in [2.75, 3.05) is 24.2 Å². The summed E-state index contributed by atoms with van der Waals surface area (Å²) in [5.41, 5.74) is 1.65. The summed E-state index contributed by atoms with van der Waals surface area (Å²) in [6.07, 6.45) is 1.92. The molecule has 1 N–H and O–H groups in total. The normalized spacial score (nSPS) is 12.7. The Balaban J connectivity index is 2.08. The van der Waals surface area contributed by atoms with Crippen molar-refractivity contribution in [3.63, 3.8) is 0 Å². The maximum Gasteiger partial charge on any atom is 0.244 e. The van der Waals surface area contributed by atoms with Gasteiger partial charge in [-0.1, -0.05) is 78.7 Å². The van der Waals surface area contributed by atoms with Gasteiger partial charge in [-0.15, -0.1) is 0 Å². The fraction of sp³-hybridized carbons (Fsp3) is 0.333. The molecule has 3 aromatic carbocycles. The largest absolute Gasteiger partial charge is 0.495 e. The van der Waals surface area contributed by atoms with Gasteiger partial charge in [0.05, 0.1) is 24.1 Å². The third kappa shape index (κ3) is 8.86. The number of nitrogens with zero attached hydrogens (tertiary/aromatic N) is 2. The average Bonchev–Trinajstić information content (AvgIpc) is 2.94. The molecular formula is C30H35Cl2N3O5S. The van der Waals surface area contributed by atoms with Gasteiger partial charge < -0.3 is 15.0 Å². The number of ether oxygens (including phenoxy) is 1. The highest BCUT2D eigenvalue weighted by Gasteiger charge is 2.33. The fourth-order valence-corrected chi connectivity index (χ4v) is 5.52. The van der Waals surface area contributed by atoms with Crippen molar-refractivity contribution in [2.45, 2.75) is 45.3 Å². The Morgan fingerprint density at radius 3 is 2.22 bits per heavy atom. The maximum absolute atomic E-state index is 14.1. The number of nitrogens with one attached hydrogen (secondary N) is 1. The minimum Gasteiger partial charge on any atom is -0.495 e. The first-order valence-corrected chi connectivity index (χ1v) is 15.7. The van der Waals surface area contributed by atoms with Crippen LogP contribution < -0.4 is 14.4 Å². The number of rotatable bonds is 13. The molecule has 0 radical (unpaired) electrons. The zero-order valence-electron chi connectivity index (χ0n) is 23.5. The smallest absolute Gasteiger partial charge is 0.244 e. The number of amides is 2. The van der Waals surface area contributed by atoms with Gasteiger partial charge in [-0.25, -0.2) is 8.42 Å². The highest BCUT2D eigenvalue weighted by Crippen LogP contribution is 2.30. The molecule has 3 rings (SSSR count). The van der Waals surface area contributed by atoms with Crippen molar-refractivity contribution >= 4 is 50.7 Å². The van der Waals surface area contributed by atoms with E-state index in [2.05, 4.69) is 5.32 Å². The maximum atomic E-state index is 14.1. The van der Waals surface area contributed by atoms with E-state index in [1.165, 1.54) is 30.2 Å². The van der Waals surface area contributed by atoms with E-state index in [1.54, 1.807) is 24.3 Å². The Kier molecular flexibility index (Phi) is 11.5. The van der Waals surface area contributed by atoms with E-state index in [4.69, 9.17) is 27.9 Å². The SMILES string of the molecule is CC[C@H](C)NC(=O)[C@H](Cc1ccccc1)N(Cc1ccccc1Cl)C(=O)CN(c1ccc(OC)c(Cl)c1)S(C)(=O)=O. The Labute approximate surface area is 252 Å². The molecule has 220 valence electrons. The first kappa shape index (κ1) is 32.2. The first-order valence-electron chi connectivity index (χ1n) is 13.1. The molecule has 0 bridgehead atoms. The summed E-state index contributed by atoms with van der Waals surface area (Å²) in [5.74, 6) is -0.565. The van der Waals surface area contributed by atoms with E-state index >= 15 is 0 Å². The molecule has 0 unspecified atom stereocenters. The number of anilines is 1. The summed E-state index contributed by atoms with van der Waals surface area (Å²) >= 11 is 12.8. The Hall–Kier alpha value is -3.27. The first-order chi connectivity index (χ1) is 19.4. The van der Waals surface area contributed by atoms with Crippen molar-refractivity contribution < 1.29 is 22.7 Å². The van der Waals surface area contributed by atoms with Gasteiger partial charge in [0.2, 0.25) is 21.8 Å². The molecule has 2 atom stereocenters. The molecule has 0 saturated carbocycles. The van der Waals surface area contributed by atoms with Crippen LogP contribution in [-0.4, -0.2) is 57.1 Å². The van der Waals surface area contributed by atoms with Crippen molar-refractivity contribution in [1.82, 2.24) is 10.2 Å². The van der Waals surface area contributed by atoms with Crippen LogP contribution in [0.5, 0.6) is 5.75 Å². The molecule has 0 aliphatic rings. The second-order valence-corrected chi connectivity index (χ2v) is 12.4. The Morgan fingerprint density at radius 1 is 0.976 bits per heavy atom. The van der Waals surface area contributed by atoms with E-state index in [-0.39, 0.29) is 35.6 Å². The number of methoxy groups -OCH3 is 1. The number of hydrogen-bond acceptors (Lipinski definition) is 5. The minimum absolute atomic E-state index is 0.00902. The molecule has 0 aliphatic carbocycles. The quantitative estimate of drug-likeness (QED) is 0.279. The van der Waals surface area contributed by atoms with Crippen molar-refractivity contribution in [2.24, 2.45) is 0 Å². The average molecular weight is 621 g/mol. The fourth-order valence-electron chi connectivity index (χ4n) is 4.23. The molecular weight excluding hydrogens is 585 g/mol. The number of halogens is 2. The highest BCUT2D eigenvalue weighted by atomic mass is 35.5. The third-order valence-corrected chi connectivity index (χ3v) is 8.48. The zero-order valence-corrected chi connectivity index (χ0v) is 25.8. The zero-order chi connectivity index (χ0) is 30.2. The number of carbonyl (C=O) groups is 2. The Bertz CT molecular complexity index is 1450. The predicted octanol–water partition coefficient (Wildman–Crippen LogP) is 5.32. The molecule has 11 heteroatoms. The molecule has 0 spiro atoms. The molecule has 0 fully saturated rings. The highest BCUT2D eigenvalue weighted by molar-refractivity contribution is 7.92. The summed E-state index contributed by atoms with van der Waals surface area (Å²) < 4.78 is 32.0. The summed E-state index contributed by atoms with van der Waals surface area (Å²) in [5, 5.41) is 3.60. The second kappa shape index (κ2) is 14.6. The van der Waals surface area contributed by atoms with E-state index in [0.29, 0.717) is 22.8 Å². The van der Waals surface area contributed by atoms with Gasteiger partial charge in [0.15, 0.2) is 0 Å². The van der Waals surface area contributed by atoms with Crippen molar-refractivity contribution in [3.05, 3.63) is 94.0 Å². The van der Waals surface area contributed by atoms with Crippen LogP contribution in [-0.2, 0) is 32.6 Å². The molecule has 3 aromatic rings. The van der Waals surface area contributed by atoms with Crippen LogP contribution in [0.2, 0.25) is 10.0 Å². The number of benzene rings is 3. The molecule has 0 aromatic heterocycles. The minimum atomic E-state index is -3.93. The van der Waals surface area contributed by atoms with Crippen LogP contribution in [0.4, 0.5) is 5.69 Å². The van der Waals surface area contributed by atoms with Crippen LogP contribution in [0.1, 0.15) is 31.4 Å². The van der Waals surface area contributed by atoms with Crippen LogP contribution >= 0.6 is 23.2 Å². The summed E-state index contributed by atoms with van der Waals surface area (Å²) in [6.45, 7) is 3.27. The van der Waals surface area contributed by atoms with E-state index < -0.39 is 28.5 Å². The lowest BCUT2D eigenvalue weighted by molar-refractivity contribution is -0.140. The summed E-state index contributed by atoms with van der Waals surface area (Å²) in [6, 6.07) is 19.8. The molecule has 0 saturated heterocycles. The standard InChI is InChI=1S/C30H35Cl2N3O5S/c1-5-21(2)33-30(37)27(17-22-11-7-6-8-12-22)34(19-23-13-9-10-14-25(23)31)29(36)20-35(41(4,38)39)24-15-16-28(40-3)26(32)18-24/h6-16,18,21,27H,5,17,19-20H2,1-4H3,(H,33,37)/t21-,27-/m0/s1. The van der Waals surface area contributed by atoms with Gasteiger partial charge in [-0.3, -0.25) is 13.9 Å². The van der Waals surface area contributed by atoms with Gasteiger partial charge in [0, 0.05) is 24.0 Å². The summed E-state index contributed by atoms with van der Waals surface area (Å²) in [7, 11) is -2.48. The van der Waals surface area contributed by atoms with E-state index in [1.807, 2.05) is 44.2 Å². The predicted molar refractivity (Wildman–Crippen MR) is 164 cm³/mol. The monoisotopic (exact) mass is 619 g/mol. The lowest BCUT2D eigenvalue weighted by atomic mass is 10.0. The Morgan fingerprint density at radius 2 is 1.63 bits per heavy atom. The van der Waals surface area contributed by atoms with Crippen molar-refractivity contribution in [3.8, 4) is 5.75 Å². The topological polar surface area (TPSA) is 96.0 Å². The lowest BCUT2D eigenvalue weighted by Gasteiger charge is -2.34. The van der Waals surface area contributed by atoms with Crippen LogP contribution in [0.25, 0.3) is 0 Å². The van der Waals surface area contributed by atoms with Gasteiger partial charge in [-0.2, -0.15) is 0 Å². The van der Waals surface area contributed by atoms with Gasteiger partial charge in [-0.05, 0) is 48.7 Å². The molecule has 41 heavy (non-hydrogen) atoms. The van der Waals surface area contributed by atoms with Gasteiger partial charge in [0.25, 0.3) is 0 Å². The second-order valence-electron chi connectivity index (χ2n) is 9.72. The van der Waals surface area contributed by atoms with Crippen LogP contribution in [0.15, 0.2) is 72.8 Å². The molecule has 8 nitrogen and oxygen atoms in total. The third-order valence-electron chi connectivity index (χ3n) is 6.67. The molecule has 0 heterocycles. The summed E-state index contributed by atoms with van der Waals surface area (Å²) in [4.78, 5) is 29.2. The number of hydrogen-bond donors (Lipinski definition) is 1. The molecule has 2 amide bonds. The van der Waals surface area contributed by atoms with Gasteiger partial charge >= 0.3 is 0 Å². The van der Waals surface area contributed by atoms with Crippen LogP contribution in [0.3, 0.4) is 0 Å². The van der Waals surface area contributed by atoms with Crippen molar-refractivity contribution in [1.29, 1.82) is 0 Å². The lowest BCUT2D eigenvalue weighted by Crippen LogP contribution is -2.54. The van der Waals surface area contributed by atoms with Gasteiger partial charge in [0.1, 0.15) is 18.3 Å². The van der Waals surface area contributed by atoms with E-state index in [9.17, 15) is 18.0 Å². The number of carbonyl (C=O) groups excluding carboxylic acids is 2.